The molecule has 1 unspecified atom stereocenters. The molecule has 0 aromatic heterocycles. The molecule has 0 heterocycles. The number of hydrogen-bond acceptors (Lipinski definition) is 1. The molecule has 0 bridgehead atoms. The van der Waals surface area contributed by atoms with E-state index < -0.39 is 0 Å². The molecule has 3 heteroatoms. The van der Waals surface area contributed by atoms with Crippen LogP contribution in [-0.2, 0) is 6.42 Å². The Labute approximate surface area is 134 Å². The van der Waals surface area contributed by atoms with E-state index in [9.17, 15) is 0 Å². The minimum Gasteiger partial charge on any atom is -0.496 e. The average molecular weight is 354 g/mol. The van der Waals surface area contributed by atoms with Gasteiger partial charge >= 0.3 is 0 Å². The quantitative estimate of drug-likeness (QED) is 0.650. The van der Waals surface area contributed by atoms with Crippen LogP contribution in [0.15, 0.2) is 40.9 Å². The van der Waals surface area contributed by atoms with Gasteiger partial charge in [-0.1, -0.05) is 40.2 Å². The summed E-state index contributed by atoms with van der Waals surface area (Å²) in [4.78, 5) is 0. The Morgan fingerprint density at radius 1 is 1.10 bits per heavy atom. The van der Waals surface area contributed by atoms with E-state index in [0.717, 1.165) is 33.3 Å². The zero-order valence-corrected chi connectivity index (χ0v) is 14.3. The van der Waals surface area contributed by atoms with Gasteiger partial charge in [-0.15, -0.1) is 11.6 Å². The van der Waals surface area contributed by atoms with Crippen molar-refractivity contribution < 1.29 is 4.74 Å². The first-order valence-corrected chi connectivity index (χ1v) is 7.78. The molecule has 2 aromatic rings. The van der Waals surface area contributed by atoms with Gasteiger partial charge in [0.05, 0.1) is 12.5 Å². The van der Waals surface area contributed by atoms with Crippen LogP contribution >= 0.6 is 27.5 Å². The van der Waals surface area contributed by atoms with Gasteiger partial charge in [-0.25, -0.2) is 0 Å². The summed E-state index contributed by atoms with van der Waals surface area (Å²) in [6.07, 6.45) is 0.819. The standard InChI is InChI=1S/C17H18BrClO/c1-11-8-14(9-12(2)17(11)20-3)16(19)10-13-4-6-15(18)7-5-13/h4-9,16H,10H2,1-3H3. The van der Waals surface area contributed by atoms with Crippen molar-refractivity contribution >= 4 is 27.5 Å². The zero-order valence-electron chi connectivity index (χ0n) is 11.9. The summed E-state index contributed by atoms with van der Waals surface area (Å²) in [7, 11) is 1.70. The van der Waals surface area contributed by atoms with E-state index >= 15 is 0 Å². The molecule has 0 aliphatic rings. The first-order chi connectivity index (χ1) is 9.51. The second kappa shape index (κ2) is 6.64. The Bertz CT molecular complexity index is 569. The maximum Gasteiger partial charge on any atom is 0.124 e. The Kier molecular flexibility index (Phi) is 5.11. The van der Waals surface area contributed by atoms with E-state index in [1.54, 1.807) is 7.11 Å². The zero-order chi connectivity index (χ0) is 14.7. The molecule has 1 atom stereocenters. The normalized spacial score (nSPS) is 12.2. The van der Waals surface area contributed by atoms with Crippen LogP contribution in [0.25, 0.3) is 0 Å². The van der Waals surface area contributed by atoms with Crippen LogP contribution in [0, 0.1) is 13.8 Å². The Balaban J connectivity index is 2.21. The second-order valence-corrected chi connectivity index (χ2v) is 6.43. The molecule has 0 radical (unpaired) electrons. The van der Waals surface area contributed by atoms with Crippen LogP contribution in [0.3, 0.4) is 0 Å². The van der Waals surface area contributed by atoms with E-state index in [2.05, 4.69) is 54.0 Å². The predicted octanol–water partition coefficient (Wildman–Crippen LogP) is 5.60. The topological polar surface area (TPSA) is 9.23 Å². The first-order valence-electron chi connectivity index (χ1n) is 6.55. The highest BCUT2D eigenvalue weighted by molar-refractivity contribution is 9.10. The third-order valence-electron chi connectivity index (χ3n) is 3.38. The van der Waals surface area contributed by atoms with Crippen LogP contribution in [0.4, 0.5) is 0 Å². The molecule has 20 heavy (non-hydrogen) atoms. The maximum atomic E-state index is 6.57. The molecule has 0 amide bonds. The highest BCUT2D eigenvalue weighted by Crippen LogP contribution is 2.31. The van der Waals surface area contributed by atoms with Crippen molar-refractivity contribution in [1.29, 1.82) is 0 Å². The second-order valence-electron chi connectivity index (χ2n) is 4.99. The number of alkyl halides is 1. The fourth-order valence-electron chi connectivity index (χ4n) is 2.43. The van der Waals surface area contributed by atoms with Crippen molar-refractivity contribution in [3.05, 3.63) is 63.1 Å². The van der Waals surface area contributed by atoms with Gasteiger partial charge in [-0.05, 0) is 54.7 Å². The number of methoxy groups -OCH3 is 1. The predicted molar refractivity (Wildman–Crippen MR) is 88.9 cm³/mol. The molecule has 2 aromatic carbocycles. The van der Waals surface area contributed by atoms with Crippen LogP contribution in [0.2, 0.25) is 0 Å². The van der Waals surface area contributed by atoms with Crippen LogP contribution < -0.4 is 4.74 Å². The minimum atomic E-state index is -0.0283. The van der Waals surface area contributed by atoms with Crippen molar-refractivity contribution in [2.75, 3.05) is 7.11 Å². The summed E-state index contributed by atoms with van der Waals surface area (Å²) in [6, 6.07) is 12.5. The molecule has 0 saturated heterocycles. The number of rotatable bonds is 4. The number of hydrogen-bond donors (Lipinski definition) is 0. The summed E-state index contributed by atoms with van der Waals surface area (Å²) in [5, 5.41) is -0.0283. The van der Waals surface area contributed by atoms with Gasteiger partial charge in [0.25, 0.3) is 0 Å². The van der Waals surface area contributed by atoms with E-state index in [0.29, 0.717) is 0 Å². The molecule has 2 rings (SSSR count). The monoisotopic (exact) mass is 352 g/mol. The average Bonchev–Trinajstić information content (AvgIpc) is 2.41. The Morgan fingerprint density at radius 2 is 1.65 bits per heavy atom. The number of benzene rings is 2. The molecular weight excluding hydrogens is 336 g/mol. The van der Waals surface area contributed by atoms with Crippen molar-refractivity contribution in [1.82, 2.24) is 0 Å². The van der Waals surface area contributed by atoms with Crippen molar-refractivity contribution in [2.45, 2.75) is 25.6 Å². The molecule has 0 spiro atoms. The third-order valence-corrected chi connectivity index (χ3v) is 4.31. The van der Waals surface area contributed by atoms with Crippen LogP contribution in [0.5, 0.6) is 5.75 Å². The number of aryl methyl sites for hydroxylation is 2. The lowest BCUT2D eigenvalue weighted by molar-refractivity contribution is 0.408. The summed E-state index contributed by atoms with van der Waals surface area (Å²) < 4.78 is 6.48. The lowest BCUT2D eigenvalue weighted by Gasteiger charge is -2.15. The van der Waals surface area contributed by atoms with Crippen molar-refractivity contribution in [2.24, 2.45) is 0 Å². The molecule has 0 aliphatic carbocycles. The minimum absolute atomic E-state index is 0.0283. The molecule has 0 saturated carbocycles. The lowest BCUT2D eigenvalue weighted by atomic mass is 9.99. The van der Waals surface area contributed by atoms with Gasteiger partial charge in [0, 0.05) is 4.47 Å². The number of halogens is 2. The smallest absolute Gasteiger partial charge is 0.124 e. The Morgan fingerprint density at radius 3 is 2.15 bits per heavy atom. The SMILES string of the molecule is COc1c(C)cc(C(Cl)Cc2ccc(Br)cc2)cc1C. The van der Waals surface area contributed by atoms with Gasteiger partial charge in [0.15, 0.2) is 0 Å². The molecule has 106 valence electrons. The molecular formula is C17H18BrClO. The van der Waals surface area contributed by atoms with E-state index in [1.807, 2.05) is 12.1 Å². The van der Waals surface area contributed by atoms with Crippen molar-refractivity contribution in [3.8, 4) is 5.75 Å². The van der Waals surface area contributed by atoms with Crippen LogP contribution in [-0.4, -0.2) is 7.11 Å². The van der Waals surface area contributed by atoms with Crippen molar-refractivity contribution in [3.63, 3.8) is 0 Å². The molecule has 0 N–H and O–H groups in total. The summed E-state index contributed by atoms with van der Waals surface area (Å²) >= 11 is 10.0. The number of ether oxygens (including phenoxy) is 1. The molecule has 1 nitrogen and oxygen atoms in total. The van der Waals surface area contributed by atoms with Gasteiger partial charge in [0.2, 0.25) is 0 Å². The summed E-state index contributed by atoms with van der Waals surface area (Å²) in [5.41, 5.74) is 4.64. The summed E-state index contributed by atoms with van der Waals surface area (Å²) in [5.74, 6) is 0.946. The first kappa shape index (κ1) is 15.4. The van der Waals surface area contributed by atoms with Crippen LogP contribution in [0.1, 0.15) is 27.6 Å². The largest absolute Gasteiger partial charge is 0.496 e. The lowest BCUT2D eigenvalue weighted by Crippen LogP contribution is -1.99. The summed E-state index contributed by atoms with van der Waals surface area (Å²) in [6.45, 7) is 4.11. The third kappa shape index (κ3) is 3.56. The van der Waals surface area contributed by atoms with E-state index in [-0.39, 0.29) is 5.38 Å². The molecule has 0 aliphatic heterocycles. The highest BCUT2D eigenvalue weighted by atomic mass is 79.9. The Hall–Kier alpha value is -0.990. The highest BCUT2D eigenvalue weighted by Gasteiger charge is 2.13. The van der Waals surface area contributed by atoms with Gasteiger partial charge in [-0.3, -0.25) is 0 Å². The fraction of sp³-hybridized carbons (Fsp3) is 0.294. The molecule has 0 fully saturated rings. The van der Waals surface area contributed by atoms with E-state index in [1.165, 1.54) is 5.56 Å². The van der Waals surface area contributed by atoms with Gasteiger partial charge < -0.3 is 4.74 Å². The fourth-order valence-corrected chi connectivity index (χ4v) is 3.00. The van der Waals surface area contributed by atoms with Gasteiger partial charge in [0.1, 0.15) is 5.75 Å². The maximum absolute atomic E-state index is 6.57. The van der Waals surface area contributed by atoms with E-state index in [4.69, 9.17) is 16.3 Å². The van der Waals surface area contributed by atoms with Gasteiger partial charge in [-0.2, -0.15) is 0 Å².